The molecule has 0 aliphatic heterocycles. The number of carbonyl (C=O) groups is 1. The summed E-state index contributed by atoms with van der Waals surface area (Å²) in [6, 6.07) is 11.7. The van der Waals surface area contributed by atoms with Gasteiger partial charge in [0.2, 0.25) is 5.91 Å². The molecule has 0 radical (unpaired) electrons. The first-order valence-corrected chi connectivity index (χ1v) is 11.0. The second-order valence-corrected chi connectivity index (χ2v) is 9.40. The van der Waals surface area contributed by atoms with Gasteiger partial charge in [0, 0.05) is 5.69 Å². The lowest BCUT2D eigenvalue weighted by Crippen LogP contribution is -2.29. The molecule has 1 unspecified atom stereocenters. The Morgan fingerprint density at radius 2 is 1.75 bits per heavy atom. The monoisotopic (exact) mass is 445 g/mol. The van der Waals surface area contributed by atoms with Crippen molar-refractivity contribution in [1.82, 2.24) is 0 Å². The predicted octanol–water partition coefficient (Wildman–Crippen LogP) is 5.10. The van der Waals surface area contributed by atoms with Crippen LogP contribution in [0.3, 0.4) is 0 Å². The SMILES string of the molecule is CC(C)CC(C(=O)Nc1ccc(OCc2ccc(Cl)c(Cl)c2)cc1)P(=O)(O)O. The van der Waals surface area contributed by atoms with E-state index < -0.39 is 19.2 Å². The van der Waals surface area contributed by atoms with E-state index in [0.717, 1.165) is 5.56 Å². The second kappa shape index (κ2) is 9.77. The van der Waals surface area contributed by atoms with Crippen LogP contribution in [0.4, 0.5) is 5.69 Å². The van der Waals surface area contributed by atoms with Gasteiger partial charge in [-0.15, -0.1) is 0 Å². The number of halogens is 2. The van der Waals surface area contributed by atoms with Gasteiger partial charge in [-0.25, -0.2) is 0 Å². The molecule has 2 rings (SSSR count). The summed E-state index contributed by atoms with van der Waals surface area (Å²) in [5, 5.41) is 3.47. The number of anilines is 1. The molecule has 0 spiro atoms. The highest BCUT2D eigenvalue weighted by molar-refractivity contribution is 7.53. The highest BCUT2D eigenvalue weighted by atomic mass is 35.5. The lowest BCUT2D eigenvalue weighted by atomic mass is 10.1. The molecule has 2 aromatic rings. The molecule has 1 amide bonds. The van der Waals surface area contributed by atoms with E-state index in [4.69, 9.17) is 27.9 Å². The molecule has 0 aromatic heterocycles. The summed E-state index contributed by atoms with van der Waals surface area (Å²) in [6.07, 6.45) is 0.0982. The van der Waals surface area contributed by atoms with E-state index in [9.17, 15) is 19.1 Å². The van der Waals surface area contributed by atoms with E-state index in [1.54, 1.807) is 56.3 Å². The van der Waals surface area contributed by atoms with E-state index in [1.807, 2.05) is 0 Å². The Balaban J connectivity index is 1.98. The van der Waals surface area contributed by atoms with Gasteiger partial charge in [0.25, 0.3) is 0 Å². The zero-order valence-corrected chi connectivity index (χ0v) is 17.8. The molecule has 0 heterocycles. The molecule has 6 nitrogen and oxygen atoms in total. The molecular weight excluding hydrogens is 424 g/mol. The highest BCUT2D eigenvalue weighted by Gasteiger charge is 2.36. The average molecular weight is 446 g/mol. The Hall–Kier alpha value is -1.56. The van der Waals surface area contributed by atoms with Crippen LogP contribution in [-0.2, 0) is 16.0 Å². The van der Waals surface area contributed by atoms with Crippen molar-refractivity contribution in [2.75, 3.05) is 5.32 Å². The van der Waals surface area contributed by atoms with Crippen LogP contribution in [0.5, 0.6) is 5.75 Å². The molecule has 0 aliphatic carbocycles. The summed E-state index contributed by atoms with van der Waals surface area (Å²) in [5.41, 5.74) is -0.0999. The second-order valence-electron chi connectivity index (χ2n) is 6.79. The number of rotatable bonds is 8. The van der Waals surface area contributed by atoms with Crippen molar-refractivity contribution in [3.05, 3.63) is 58.1 Å². The third-order valence-corrected chi connectivity index (χ3v) is 5.91. The Kier molecular flexibility index (Phi) is 7.93. The minimum atomic E-state index is -4.54. The number of hydrogen-bond donors (Lipinski definition) is 3. The Morgan fingerprint density at radius 1 is 1.11 bits per heavy atom. The van der Waals surface area contributed by atoms with Crippen LogP contribution in [0.2, 0.25) is 10.0 Å². The summed E-state index contributed by atoms with van der Waals surface area (Å²) in [6.45, 7) is 3.89. The fraction of sp³-hybridized carbons (Fsp3) is 0.316. The first-order chi connectivity index (χ1) is 13.1. The van der Waals surface area contributed by atoms with Gasteiger partial charge in [0.1, 0.15) is 18.0 Å². The maximum Gasteiger partial charge on any atom is 0.337 e. The topological polar surface area (TPSA) is 95.9 Å². The number of hydrogen-bond acceptors (Lipinski definition) is 3. The van der Waals surface area contributed by atoms with Crippen LogP contribution in [0.15, 0.2) is 42.5 Å². The predicted molar refractivity (Wildman–Crippen MR) is 111 cm³/mol. The molecule has 2 aromatic carbocycles. The standard InChI is InChI=1S/C19H22Cl2NO5P/c1-12(2)9-18(28(24,25)26)19(23)22-14-4-6-15(7-5-14)27-11-13-3-8-16(20)17(21)10-13/h3-8,10,12,18H,9,11H2,1-2H3,(H,22,23)(H2,24,25,26). The smallest absolute Gasteiger partial charge is 0.337 e. The molecule has 0 saturated carbocycles. The summed E-state index contributed by atoms with van der Waals surface area (Å²) in [4.78, 5) is 31.2. The van der Waals surface area contributed by atoms with Crippen LogP contribution in [-0.4, -0.2) is 21.4 Å². The molecule has 0 aliphatic rings. The Labute approximate surface area is 174 Å². The third kappa shape index (κ3) is 6.80. The average Bonchev–Trinajstić information content (AvgIpc) is 2.60. The largest absolute Gasteiger partial charge is 0.489 e. The van der Waals surface area contributed by atoms with Crippen LogP contribution in [0.1, 0.15) is 25.8 Å². The van der Waals surface area contributed by atoms with Gasteiger partial charge in [-0.1, -0.05) is 43.1 Å². The molecule has 1 atom stereocenters. The van der Waals surface area contributed by atoms with E-state index in [0.29, 0.717) is 21.5 Å². The van der Waals surface area contributed by atoms with Crippen molar-refractivity contribution >= 4 is 42.4 Å². The van der Waals surface area contributed by atoms with Gasteiger partial charge in [-0.2, -0.15) is 0 Å². The Morgan fingerprint density at radius 3 is 2.29 bits per heavy atom. The number of nitrogens with one attached hydrogen (secondary N) is 1. The highest BCUT2D eigenvalue weighted by Crippen LogP contribution is 2.44. The number of carbonyl (C=O) groups excluding carboxylic acids is 1. The minimum Gasteiger partial charge on any atom is -0.489 e. The molecule has 28 heavy (non-hydrogen) atoms. The molecule has 152 valence electrons. The van der Waals surface area contributed by atoms with E-state index >= 15 is 0 Å². The maximum atomic E-state index is 12.3. The van der Waals surface area contributed by atoms with Crippen LogP contribution in [0, 0.1) is 5.92 Å². The number of amides is 1. The fourth-order valence-electron chi connectivity index (χ4n) is 2.50. The van der Waals surface area contributed by atoms with Crippen LogP contribution < -0.4 is 10.1 Å². The zero-order valence-electron chi connectivity index (χ0n) is 15.4. The maximum absolute atomic E-state index is 12.3. The normalized spacial score (nSPS) is 12.7. The molecule has 3 N–H and O–H groups in total. The minimum absolute atomic E-state index is 0.0273. The molecule has 9 heteroatoms. The van der Waals surface area contributed by atoms with Crippen molar-refractivity contribution < 1.29 is 23.9 Å². The van der Waals surface area contributed by atoms with E-state index in [2.05, 4.69) is 5.32 Å². The Bertz CT molecular complexity index is 867. The van der Waals surface area contributed by atoms with Crippen molar-refractivity contribution in [2.24, 2.45) is 5.92 Å². The van der Waals surface area contributed by atoms with Crippen molar-refractivity contribution in [2.45, 2.75) is 32.5 Å². The van der Waals surface area contributed by atoms with Crippen LogP contribution >= 0.6 is 30.8 Å². The van der Waals surface area contributed by atoms with Crippen LogP contribution in [0.25, 0.3) is 0 Å². The quantitative estimate of drug-likeness (QED) is 0.491. The lowest BCUT2D eigenvalue weighted by Gasteiger charge is -2.19. The van der Waals surface area contributed by atoms with Crippen molar-refractivity contribution in [1.29, 1.82) is 0 Å². The van der Waals surface area contributed by atoms with Gasteiger partial charge < -0.3 is 19.8 Å². The van der Waals surface area contributed by atoms with Crippen molar-refractivity contribution in [3.63, 3.8) is 0 Å². The molecule has 0 bridgehead atoms. The molecule has 0 saturated heterocycles. The summed E-state index contributed by atoms with van der Waals surface area (Å²) in [5.74, 6) is -0.162. The molecular formula is C19H22Cl2NO5P. The zero-order chi connectivity index (χ0) is 20.9. The van der Waals surface area contributed by atoms with E-state index in [1.165, 1.54) is 0 Å². The number of ether oxygens (including phenoxy) is 1. The number of benzene rings is 2. The van der Waals surface area contributed by atoms with Gasteiger partial charge in [-0.3, -0.25) is 9.36 Å². The van der Waals surface area contributed by atoms with Crippen molar-refractivity contribution in [3.8, 4) is 5.75 Å². The van der Waals surface area contributed by atoms with Gasteiger partial charge in [0.05, 0.1) is 10.0 Å². The first kappa shape index (κ1) is 22.7. The van der Waals surface area contributed by atoms with Gasteiger partial charge in [-0.05, 0) is 54.3 Å². The summed E-state index contributed by atoms with van der Waals surface area (Å²) in [7, 11) is -4.54. The summed E-state index contributed by atoms with van der Waals surface area (Å²) < 4.78 is 17.3. The fourth-order valence-corrected chi connectivity index (χ4v) is 3.89. The van der Waals surface area contributed by atoms with E-state index in [-0.39, 0.29) is 18.9 Å². The first-order valence-electron chi connectivity index (χ1n) is 8.59. The lowest BCUT2D eigenvalue weighted by molar-refractivity contribution is -0.116. The third-order valence-electron chi connectivity index (χ3n) is 3.91. The summed E-state index contributed by atoms with van der Waals surface area (Å²) >= 11 is 11.8. The van der Waals surface area contributed by atoms with Gasteiger partial charge >= 0.3 is 7.60 Å². The molecule has 0 fully saturated rings. The van der Waals surface area contributed by atoms with Gasteiger partial charge in [0.15, 0.2) is 0 Å².